The van der Waals surface area contributed by atoms with E-state index >= 15 is 0 Å². The smallest absolute Gasteiger partial charge is 0.102 e. The number of hydrogen-bond donors (Lipinski definition) is 0. The number of nitrogens with zero attached hydrogens (tertiary/aromatic N) is 1. The number of quaternary nitrogens is 1. The summed E-state index contributed by atoms with van der Waals surface area (Å²) in [6.07, 6.45) is 16.3. The van der Waals surface area contributed by atoms with Crippen LogP contribution >= 0.6 is 0 Å². The van der Waals surface area contributed by atoms with E-state index in [0.29, 0.717) is 26.3 Å². The molecule has 1 heterocycles. The highest BCUT2D eigenvalue weighted by molar-refractivity contribution is 4.52. The average Bonchev–Trinajstić information content (AvgIpc) is 2.49. The largest absolute Gasteiger partial charge is 0.633 e. The van der Waals surface area contributed by atoms with Crippen LogP contribution in [-0.4, -0.2) is 37.5 Å². The lowest BCUT2D eigenvalue weighted by Crippen LogP contribution is -2.50. The number of hydroxylamine groups is 3. The van der Waals surface area contributed by atoms with Crippen molar-refractivity contribution >= 4 is 0 Å². The summed E-state index contributed by atoms with van der Waals surface area (Å²) in [5, 5.41) is 12.3. The lowest BCUT2D eigenvalue weighted by molar-refractivity contribution is -0.888. The SMILES string of the molecule is CCCCCCCCCCCCCC[N+]1([O-])CCOCC1. The molecule has 0 aromatic heterocycles. The van der Waals surface area contributed by atoms with Crippen molar-refractivity contribution in [3.05, 3.63) is 5.21 Å². The summed E-state index contributed by atoms with van der Waals surface area (Å²) < 4.78 is 5.26. The monoisotopic (exact) mass is 299 g/mol. The minimum absolute atomic E-state index is 0.00222. The Morgan fingerprint density at radius 1 is 0.714 bits per heavy atom. The Morgan fingerprint density at radius 2 is 1.14 bits per heavy atom. The zero-order valence-corrected chi connectivity index (χ0v) is 14.3. The molecular formula is C18H37NO2. The van der Waals surface area contributed by atoms with Crippen LogP contribution in [0.15, 0.2) is 0 Å². The van der Waals surface area contributed by atoms with Gasteiger partial charge >= 0.3 is 0 Å². The zero-order chi connectivity index (χ0) is 15.2. The maximum absolute atomic E-state index is 12.3. The van der Waals surface area contributed by atoms with Gasteiger partial charge in [0, 0.05) is 0 Å². The van der Waals surface area contributed by atoms with Crippen molar-refractivity contribution in [2.24, 2.45) is 0 Å². The second-order valence-corrected chi connectivity index (χ2v) is 6.73. The molecule has 1 aliphatic rings. The standard InChI is InChI=1S/C18H37NO2/c1-2-3-4-5-6-7-8-9-10-11-12-13-14-19(20)15-17-21-18-16-19/h2-18H2,1H3. The van der Waals surface area contributed by atoms with Crippen LogP contribution in [0.25, 0.3) is 0 Å². The number of morpholine rings is 1. The molecule has 0 unspecified atom stereocenters. The molecule has 0 aliphatic carbocycles. The molecule has 0 bridgehead atoms. The minimum atomic E-state index is -0.00222. The van der Waals surface area contributed by atoms with E-state index < -0.39 is 0 Å². The maximum atomic E-state index is 12.3. The quantitative estimate of drug-likeness (QED) is 0.271. The van der Waals surface area contributed by atoms with Gasteiger partial charge in [-0.15, -0.1) is 0 Å². The van der Waals surface area contributed by atoms with Crippen molar-refractivity contribution in [3.8, 4) is 0 Å². The molecule has 0 amide bonds. The Balaban J connectivity index is 1.78. The first kappa shape index (κ1) is 18.9. The summed E-state index contributed by atoms with van der Waals surface area (Å²) in [6.45, 7) is 5.72. The van der Waals surface area contributed by atoms with E-state index in [9.17, 15) is 5.21 Å². The topological polar surface area (TPSA) is 32.3 Å². The van der Waals surface area contributed by atoms with E-state index in [2.05, 4.69) is 6.92 Å². The van der Waals surface area contributed by atoms with Crippen molar-refractivity contribution in [1.29, 1.82) is 0 Å². The third kappa shape index (κ3) is 10.3. The van der Waals surface area contributed by atoms with Crippen LogP contribution in [0.4, 0.5) is 0 Å². The number of rotatable bonds is 13. The first-order valence-corrected chi connectivity index (χ1v) is 9.42. The summed E-state index contributed by atoms with van der Waals surface area (Å²) in [5.74, 6) is 0. The third-order valence-electron chi connectivity index (χ3n) is 4.71. The highest BCUT2D eigenvalue weighted by Gasteiger charge is 2.19. The van der Waals surface area contributed by atoms with E-state index in [0.717, 1.165) is 13.0 Å². The minimum Gasteiger partial charge on any atom is -0.633 e. The molecule has 1 fully saturated rings. The normalized spacial score (nSPS) is 18.0. The van der Waals surface area contributed by atoms with Gasteiger partial charge in [-0.05, 0) is 12.8 Å². The molecule has 126 valence electrons. The van der Waals surface area contributed by atoms with Gasteiger partial charge in [0.1, 0.15) is 13.1 Å². The van der Waals surface area contributed by atoms with Gasteiger partial charge in [0.25, 0.3) is 0 Å². The van der Waals surface area contributed by atoms with Crippen molar-refractivity contribution in [2.45, 2.75) is 84.0 Å². The summed E-state index contributed by atoms with van der Waals surface area (Å²) in [7, 11) is 0. The lowest BCUT2D eigenvalue weighted by atomic mass is 10.1. The van der Waals surface area contributed by atoms with Gasteiger partial charge in [0.2, 0.25) is 0 Å². The van der Waals surface area contributed by atoms with Crippen LogP contribution in [0.3, 0.4) is 0 Å². The molecule has 1 rings (SSSR count). The molecule has 0 spiro atoms. The number of hydrogen-bond acceptors (Lipinski definition) is 2. The molecule has 0 atom stereocenters. The van der Waals surface area contributed by atoms with Crippen molar-refractivity contribution < 1.29 is 9.38 Å². The summed E-state index contributed by atoms with van der Waals surface area (Å²) in [5.41, 5.74) is 0. The molecule has 0 N–H and O–H groups in total. The van der Waals surface area contributed by atoms with Gasteiger partial charge in [-0.3, -0.25) is 0 Å². The molecular weight excluding hydrogens is 262 g/mol. The van der Waals surface area contributed by atoms with E-state index in [1.54, 1.807) is 0 Å². The predicted molar refractivity (Wildman–Crippen MR) is 90.1 cm³/mol. The molecule has 3 heteroatoms. The molecule has 1 saturated heterocycles. The van der Waals surface area contributed by atoms with Crippen LogP contribution in [0.1, 0.15) is 84.0 Å². The van der Waals surface area contributed by atoms with Gasteiger partial charge in [-0.2, -0.15) is 0 Å². The molecule has 0 radical (unpaired) electrons. The van der Waals surface area contributed by atoms with E-state index in [1.165, 1.54) is 70.6 Å². The number of unbranched alkanes of at least 4 members (excludes halogenated alkanes) is 11. The highest BCUT2D eigenvalue weighted by Crippen LogP contribution is 2.14. The van der Waals surface area contributed by atoms with Gasteiger partial charge in [-0.25, -0.2) is 0 Å². The maximum Gasteiger partial charge on any atom is 0.102 e. The first-order valence-electron chi connectivity index (χ1n) is 9.42. The second-order valence-electron chi connectivity index (χ2n) is 6.73. The predicted octanol–water partition coefficient (Wildman–Crippen LogP) is 5.03. The Labute approximate surface area is 132 Å². The average molecular weight is 299 g/mol. The van der Waals surface area contributed by atoms with Crippen molar-refractivity contribution in [1.82, 2.24) is 0 Å². The van der Waals surface area contributed by atoms with Gasteiger partial charge < -0.3 is 14.6 Å². The van der Waals surface area contributed by atoms with Crippen molar-refractivity contribution in [2.75, 3.05) is 32.8 Å². The van der Waals surface area contributed by atoms with Crippen LogP contribution in [-0.2, 0) is 4.74 Å². The van der Waals surface area contributed by atoms with Crippen LogP contribution in [0.5, 0.6) is 0 Å². The zero-order valence-electron chi connectivity index (χ0n) is 14.3. The van der Waals surface area contributed by atoms with Gasteiger partial charge in [0.05, 0.1) is 19.8 Å². The lowest BCUT2D eigenvalue weighted by Gasteiger charge is -2.45. The second kappa shape index (κ2) is 12.4. The third-order valence-corrected chi connectivity index (χ3v) is 4.71. The van der Waals surface area contributed by atoms with Crippen LogP contribution < -0.4 is 0 Å². The summed E-state index contributed by atoms with van der Waals surface area (Å²) >= 11 is 0. The molecule has 0 aromatic carbocycles. The first-order chi connectivity index (χ1) is 10.3. The molecule has 0 saturated carbocycles. The fourth-order valence-corrected chi connectivity index (χ4v) is 3.14. The summed E-state index contributed by atoms with van der Waals surface area (Å²) in [6, 6.07) is 0. The van der Waals surface area contributed by atoms with Crippen LogP contribution in [0, 0.1) is 5.21 Å². The van der Waals surface area contributed by atoms with E-state index in [4.69, 9.17) is 4.74 Å². The van der Waals surface area contributed by atoms with Crippen molar-refractivity contribution in [3.63, 3.8) is 0 Å². The molecule has 0 aromatic rings. The van der Waals surface area contributed by atoms with Gasteiger partial charge in [-0.1, -0.05) is 71.1 Å². The highest BCUT2D eigenvalue weighted by atomic mass is 16.6. The molecule has 21 heavy (non-hydrogen) atoms. The van der Waals surface area contributed by atoms with E-state index in [1.807, 2.05) is 0 Å². The Bertz CT molecular complexity index is 227. The van der Waals surface area contributed by atoms with Gasteiger partial charge in [0.15, 0.2) is 0 Å². The fraction of sp³-hybridized carbons (Fsp3) is 1.00. The number of ether oxygens (including phenoxy) is 1. The van der Waals surface area contributed by atoms with E-state index in [-0.39, 0.29) is 4.65 Å². The Morgan fingerprint density at radius 3 is 1.62 bits per heavy atom. The fourth-order valence-electron chi connectivity index (χ4n) is 3.14. The Hall–Kier alpha value is -0.120. The Kier molecular flexibility index (Phi) is 11.2. The molecule has 3 nitrogen and oxygen atoms in total. The molecule has 1 aliphatic heterocycles. The summed E-state index contributed by atoms with van der Waals surface area (Å²) in [4.78, 5) is 0. The van der Waals surface area contributed by atoms with Crippen LogP contribution in [0.2, 0.25) is 0 Å².